The van der Waals surface area contributed by atoms with Crippen molar-refractivity contribution in [2.75, 3.05) is 32.0 Å². The number of pyridine rings is 1. The third-order valence-electron chi connectivity index (χ3n) is 6.22. The number of aromatic nitrogens is 2. The lowest BCUT2D eigenvalue weighted by atomic mass is 10.1. The number of fused-ring (bicyclic) bond motifs is 1. The molecule has 32 heavy (non-hydrogen) atoms. The van der Waals surface area contributed by atoms with Gasteiger partial charge in [0.15, 0.2) is 0 Å². The van der Waals surface area contributed by atoms with Crippen molar-refractivity contribution in [3.8, 4) is 11.3 Å². The SMILES string of the molecule is C=C(CCC(C)C)N1CCN(C(=C)c2ccc3c(Cl)cc(-c4ccn(N)c4)nc3c2)CC1. The maximum atomic E-state index is 6.57. The zero-order valence-electron chi connectivity index (χ0n) is 19.0. The zero-order valence-corrected chi connectivity index (χ0v) is 19.8. The van der Waals surface area contributed by atoms with Gasteiger partial charge in [0.05, 0.1) is 16.2 Å². The van der Waals surface area contributed by atoms with E-state index in [9.17, 15) is 0 Å². The van der Waals surface area contributed by atoms with Crippen LogP contribution >= 0.6 is 11.6 Å². The number of nitrogens with two attached hydrogens (primary N) is 1. The first-order chi connectivity index (χ1) is 15.3. The fourth-order valence-corrected chi connectivity index (χ4v) is 4.43. The normalized spacial score (nSPS) is 14.4. The molecule has 3 aromatic rings. The van der Waals surface area contributed by atoms with Crippen LogP contribution in [-0.2, 0) is 0 Å². The molecule has 0 unspecified atom stereocenters. The van der Waals surface area contributed by atoms with Gasteiger partial charge in [0.2, 0.25) is 0 Å². The fourth-order valence-electron chi connectivity index (χ4n) is 4.17. The molecule has 2 N–H and O–H groups in total. The van der Waals surface area contributed by atoms with Crippen LogP contribution in [0.3, 0.4) is 0 Å². The van der Waals surface area contributed by atoms with Gasteiger partial charge in [0.25, 0.3) is 0 Å². The topological polar surface area (TPSA) is 50.3 Å². The summed E-state index contributed by atoms with van der Waals surface area (Å²) in [5, 5.41) is 1.62. The van der Waals surface area contributed by atoms with Gasteiger partial charge in [0, 0.05) is 60.9 Å². The van der Waals surface area contributed by atoms with Gasteiger partial charge in [-0.15, -0.1) is 0 Å². The van der Waals surface area contributed by atoms with E-state index in [4.69, 9.17) is 22.4 Å². The van der Waals surface area contributed by atoms with Gasteiger partial charge in [-0.25, -0.2) is 4.98 Å². The molecule has 0 saturated carbocycles. The summed E-state index contributed by atoms with van der Waals surface area (Å²) in [5.41, 5.74) is 5.96. The molecule has 6 heteroatoms. The van der Waals surface area contributed by atoms with E-state index in [1.807, 2.05) is 24.4 Å². The predicted octanol–water partition coefficient (Wildman–Crippen LogP) is 5.61. The number of allylic oxidation sites excluding steroid dienone is 1. The van der Waals surface area contributed by atoms with Gasteiger partial charge in [-0.2, -0.15) is 0 Å². The Morgan fingerprint density at radius 3 is 2.47 bits per heavy atom. The van der Waals surface area contributed by atoms with Gasteiger partial charge in [-0.1, -0.05) is 50.7 Å². The van der Waals surface area contributed by atoms with Crippen LogP contribution in [0.5, 0.6) is 0 Å². The minimum absolute atomic E-state index is 0.681. The van der Waals surface area contributed by atoms with Crippen molar-refractivity contribution < 1.29 is 0 Å². The van der Waals surface area contributed by atoms with Gasteiger partial charge >= 0.3 is 0 Å². The molecule has 5 nitrogen and oxygen atoms in total. The maximum absolute atomic E-state index is 6.57. The van der Waals surface area contributed by atoms with Crippen LogP contribution in [0.1, 0.15) is 32.3 Å². The second-order valence-electron chi connectivity index (χ2n) is 8.99. The molecule has 1 fully saturated rings. The van der Waals surface area contributed by atoms with Crippen LogP contribution in [0, 0.1) is 5.92 Å². The number of piperazine rings is 1. The summed E-state index contributed by atoms with van der Waals surface area (Å²) in [7, 11) is 0. The first kappa shape index (κ1) is 22.3. The molecule has 2 aromatic heterocycles. The molecular formula is C26H32ClN5. The van der Waals surface area contributed by atoms with Crippen LogP contribution in [0.25, 0.3) is 27.9 Å². The van der Waals surface area contributed by atoms with Crippen molar-refractivity contribution >= 4 is 28.2 Å². The minimum Gasteiger partial charge on any atom is -0.372 e. The summed E-state index contributed by atoms with van der Waals surface area (Å²) in [6.45, 7) is 17.1. The van der Waals surface area contributed by atoms with E-state index in [2.05, 4.69) is 48.9 Å². The number of hydrogen-bond donors (Lipinski definition) is 1. The summed E-state index contributed by atoms with van der Waals surface area (Å²) in [6, 6.07) is 10.0. The highest BCUT2D eigenvalue weighted by Crippen LogP contribution is 2.31. The first-order valence-corrected chi connectivity index (χ1v) is 11.6. The Labute approximate surface area is 195 Å². The van der Waals surface area contributed by atoms with Crippen LogP contribution < -0.4 is 5.84 Å². The van der Waals surface area contributed by atoms with E-state index in [0.29, 0.717) is 10.9 Å². The molecule has 3 heterocycles. The molecule has 4 rings (SSSR count). The second kappa shape index (κ2) is 9.29. The fraction of sp³-hybridized carbons (Fsp3) is 0.346. The van der Waals surface area contributed by atoms with Crippen molar-refractivity contribution in [2.24, 2.45) is 5.92 Å². The average Bonchev–Trinajstić information content (AvgIpc) is 3.23. The molecule has 0 atom stereocenters. The van der Waals surface area contributed by atoms with Crippen molar-refractivity contribution in [3.63, 3.8) is 0 Å². The standard InChI is InChI=1S/C26H32ClN5/c1-18(2)5-6-19(3)30-11-13-31(14-12-30)20(4)21-7-8-23-24(27)16-25(29-26(23)15-21)22-9-10-32(28)17-22/h7-10,15-18H,3-6,11-14,28H2,1-2H3. The van der Waals surface area contributed by atoms with E-state index >= 15 is 0 Å². The number of nitrogen functional groups attached to an aromatic ring is 1. The summed E-state index contributed by atoms with van der Waals surface area (Å²) >= 11 is 6.57. The predicted molar refractivity (Wildman–Crippen MR) is 136 cm³/mol. The van der Waals surface area contributed by atoms with E-state index in [1.165, 1.54) is 16.8 Å². The summed E-state index contributed by atoms with van der Waals surface area (Å²) < 4.78 is 1.52. The van der Waals surface area contributed by atoms with Crippen LogP contribution in [0.2, 0.25) is 5.02 Å². The maximum Gasteiger partial charge on any atom is 0.0740 e. The van der Waals surface area contributed by atoms with Gasteiger partial charge in [-0.3, -0.25) is 4.68 Å². The Bertz CT molecular complexity index is 1140. The van der Waals surface area contributed by atoms with E-state index in [1.54, 1.807) is 6.20 Å². The largest absolute Gasteiger partial charge is 0.372 e. The molecule has 0 radical (unpaired) electrons. The van der Waals surface area contributed by atoms with Crippen molar-refractivity contribution in [2.45, 2.75) is 26.7 Å². The van der Waals surface area contributed by atoms with E-state index in [-0.39, 0.29) is 0 Å². The lowest BCUT2D eigenvalue weighted by molar-refractivity contribution is 0.208. The minimum atomic E-state index is 0.681. The third-order valence-corrected chi connectivity index (χ3v) is 6.53. The highest BCUT2D eigenvalue weighted by molar-refractivity contribution is 6.35. The number of nitrogens with zero attached hydrogens (tertiary/aromatic N) is 4. The summed E-state index contributed by atoms with van der Waals surface area (Å²) in [4.78, 5) is 9.62. The summed E-state index contributed by atoms with van der Waals surface area (Å²) in [6.07, 6.45) is 5.90. The second-order valence-corrected chi connectivity index (χ2v) is 9.40. The molecule has 0 spiro atoms. The molecule has 0 aliphatic carbocycles. The molecule has 1 aliphatic heterocycles. The quantitative estimate of drug-likeness (QED) is 0.476. The highest BCUT2D eigenvalue weighted by Gasteiger charge is 2.20. The molecule has 0 bridgehead atoms. The van der Waals surface area contributed by atoms with Crippen molar-refractivity contribution in [3.05, 3.63) is 72.2 Å². The average molecular weight is 450 g/mol. The smallest absolute Gasteiger partial charge is 0.0740 e. The molecule has 1 saturated heterocycles. The van der Waals surface area contributed by atoms with Gasteiger partial charge in [-0.05, 0) is 42.5 Å². The third kappa shape index (κ3) is 4.78. The Kier molecular flexibility index (Phi) is 6.47. The molecule has 0 amide bonds. The number of halogens is 1. The van der Waals surface area contributed by atoms with Gasteiger partial charge < -0.3 is 15.6 Å². The van der Waals surface area contributed by atoms with Crippen molar-refractivity contribution in [1.29, 1.82) is 0 Å². The Morgan fingerprint density at radius 1 is 1.09 bits per heavy atom. The monoisotopic (exact) mass is 449 g/mol. The number of rotatable bonds is 7. The first-order valence-electron chi connectivity index (χ1n) is 11.2. The van der Waals surface area contributed by atoms with Crippen LogP contribution in [0.15, 0.2) is 61.6 Å². The zero-order chi connectivity index (χ0) is 22.8. The number of hydrogen-bond acceptors (Lipinski definition) is 4. The van der Waals surface area contributed by atoms with Gasteiger partial charge in [0.1, 0.15) is 0 Å². The van der Waals surface area contributed by atoms with Crippen LogP contribution in [0.4, 0.5) is 0 Å². The molecule has 1 aliphatic rings. The lowest BCUT2D eigenvalue weighted by Crippen LogP contribution is -2.44. The Morgan fingerprint density at radius 2 is 1.81 bits per heavy atom. The summed E-state index contributed by atoms with van der Waals surface area (Å²) in [5.74, 6) is 6.51. The molecular weight excluding hydrogens is 418 g/mol. The van der Waals surface area contributed by atoms with Crippen molar-refractivity contribution in [1.82, 2.24) is 19.5 Å². The Balaban J connectivity index is 1.49. The number of benzene rings is 1. The van der Waals surface area contributed by atoms with E-state index < -0.39 is 0 Å². The van der Waals surface area contributed by atoms with Crippen LogP contribution in [-0.4, -0.2) is 45.6 Å². The van der Waals surface area contributed by atoms with E-state index in [0.717, 1.165) is 66.0 Å². The highest BCUT2D eigenvalue weighted by atomic mass is 35.5. The molecule has 168 valence electrons. The lowest BCUT2D eigenvalue weighted by Gasteiger charge is -2.39. The Hall–Kier alpha value is -2.92. The molecule has 1 aromatic carbocycles.